The van der Waals surface area contributed by atoms with E-state index in [1.165, 1.54) is 5.69 Å². The zero-order chi connectivity index (χ0) is 18.8. The lowest BCUT2D eigenvalue weighted by atomic mass is 10.1. The zero-order valence-corrected chi connectivity index (χ0v) is 16.5. The second-order valence-corrected chi connectivity index (χ2v) is 7.88. The van der Waals surface area contributed by atoms with Crippen molar-refractivity contribution >= 4 is 34.1 Å². The van der Waals surface area contributed by atoms with Crippen LogP contribution in [0.4, 0.5) is 5.69 Å². The predicted molar refractivity (Wildman–Crippen MR) is 109 cm³/mol. The molecule has 2 saturated heterocycles. The average Bonchev–Trinajstić information content (AvgIpc) is 2.69. The number of likely N-dealkylation sites (N-methyl/N-ethyl adjacent to an activating group) is 1. The summed E-state index contributed by atoms with van der Waals surface area (Å²) in [6.45, 7) is 7.81. The molecule has 1 amide bonds. The van der Waals surface area contributed by atoms with Gasteiger partial charge in [-0.3, -0.25) is 14.7 Å². The molecule has 1 aromatic heterocycles. The van der Waals surface area contributed by atoms with Gasteiger partial charge in [0, 0.05) is 74.7 Å². The average molecular weight is 388 g/mol. The number of anilines is 1. The molecule has 0 N–H and O–H groups in total. The molecule has 0 atom stereocenters. The highest BCUT2D eigenvalue weighted by atomic mass is 35.5. The Morgan fingerprint density at radius 1 is 1.04 bits per heavy atom. The Balaban J connectivity index is 1.37. The van der Waals surface area contributed by atoms with Crippen molar-refractivity contribution < 1.29 is 4.79 Å². The molecule has 6 nitrogen and oxygen atoms in total. The zero-order valence-electron chi connectivity index (χ0n) is 15.8. The summed E-state index contributed by atoms with van der Waals surface area (Å²) in [5, 5.41) is 1.81. The quantitative estimate of drug-likeness (QED) is 0.803. The van der Waals surface area contributed by atoms with E-state index in [0.29, 0.717) is 11.6 Å². The molecule has 144 valence electrons. The van der Waals surface area contributed by atoms with E-state index in [1.54, 1.807) is 0 Å². The number of amides is 1. The molecule has 2 aliphatic heterocycles. The lowest BCUT2D eigenvalue weighted by molar-refractivity contribution is -0.133. The van der Waals surface area contributed by atoms with Crippen LogP contribution in [0.3, 0.4) is 0 Å². The lowest BCUT2D eigenvalue weighted by Gasteiger charge is -2.38. The molecule has 0 saturated carbocycles. The highest BCUT2D eigenvalue weighted by Gasteiger charge is 2.24. The Morgan fingerprint density at radius 3 is 2.52 bits per heavy atom. The van der Waals surface area contributed by atoms with Gasteiger partial charge in [-0.2, -0.15) is 0 Å². The van der Waals surface area contributed by atoms with Crippen LogP contribution in [0.15, 0.2) is 30.5 Å². The number of benzene rings is 1. The van der Waals surface area contributed by atoms with Gasteiger partial charge in [-0.1, -0.05) is 11.6 Å². The topological polar surface area (TPSA) is 42.9 Å². The molecule has 2 aliphatic rings. The summed E-state index contributed by atoms with van der Waals surface area (Å²) < 4.78 is 0. The summed E-state index contributed by atoms with van der Waals surface area (Å²) in [6.07, 6.45) is 1.83. The number of piperazine rings is 2. The van der Waals surface area contributed by atoms with E-state index in [1.807, 2.05) is 29.3 Å². The molecule has 1 aromatic carbocycles. The SMILES string of the molecule is CN1CCN(CC(=O)N2CCN(c3ccnc4cc(Cl)ccc34)CC2)CC1. The van der Waals surface area contributed by atoms with Crippen LogP contribution in [0.5, 0.6) is 0 Å². The maximum atomic E-state index is 12.7. The van der Waals surface area contributed by atoms with E-state index in [4.69, 9.17) is 11.6 Å². The fraction of sp³-hybridized carbons (Fsp3) is 0.500. The van der Waals surface area contributed by atoms with Crippen LogP contribution in [-0.2, 0) is 4.79 Å². The first kappa shape index (κ1) is 18.5. The third-order valence-electron chi connectivity index (χ3n) is 5.61. The summed E-state index contributed by atoms with van der Waals surface area (Å²) in [5.74, 6) is 0.255. The summed E-state index contributed by atoms with van der Waals surface area (Å²) in [5.41, 5.74) is 2.08. The molecule has 27 heavy (non-hydrogen) atoms. The normalized spacial score (nSPS) is 19.6. The minimum atomic E-state index is 0.255. The van der Waals surface area contributed by atoms with Gasteiger partial charge in [0.15, 0.2) is 0 Å². The van der Waals surface area contributed by atoms with Gasteiger partial charge < -0.3 is 14.7 Å². The Bertz CT molecular complexity index is 813. The number of hydrogen-bond acceptors (Lipinski definition) is 5. The smallest absolute Gasteiger partial charge is 0.236 e. The van der Waals surface area contributed by atoms with E-state index in [-0.39, 0.29) is 5.91 Å². The summed E-state index contributed by atoms with van der Waals surface area (Å²) in [6, 6.07) is 7.89. The minimum Gasteiger partial charge on any atom is -0.367 e. The summed E-state index contributed by atoms with van der Waals surface area (Å²) in [7, 11) is 2.13. The number of carbonyl (C=O) groups excluding carboxylic acids is 1. The fourth-order valence-electron chi connectivity index (χ4n) is 3.88. The molecule has 0 unspecified atom stereocenters. The number of aromatic nitrogens is 1. The van der Waals surface area contributed by atoms with Crippen molar-refractivity contribution in [2.24, 2.45) is 0 Å². The van der Waals surface area contributed by atoms with E-state index < -0.39 is 0 Å². The summed E-state index contributed by atoms with van der Waals surface area (Å²) in [4.78, 5) is 26.0. The predicted octanol–water partition coefficient (Wildman–Crippen LogP) is 1.78. The molecule has 4 rings (SSSR count). The Labute approximate surface area is 165 Å². The van der Waals surface area contributed by atoms with Crippen molar-refractivity contribution in [3.8, 4) is 0 Å². The van der Waals surface area contributed by atoms with Gasteiger partial charge in [0.25, 0.3) is 0 Å². The van der Waals surface area contributed by atoms with Crippen molar-refractivity contribution in [3.63, 3.8) is 0 Å². The van der Waals surface area contributed by atoms with Gasteiger partial charge in [0.1, 0.15) is 0 Å². The van der Waals surface area contributed by atoms with Gasteiger partial charge in [-0.15, -0.1) is 0 Å². The minimum absolute atomic E-state index is 0.255. The molecular weight excluding hydrogens is 362 g/mol. The van der Waals surface area contributed by atoms with Crippen LogP contribution in [-0.4, -0.2) is 91.5 Å². The van der Waals surface area contributed by atoms with Gasteiger partial charge in [0.2, 0.25) is 5.91 Å². The van der Waals surface area contributed by atoms with E-state index in [9.17, 15) is 4.79 Å². The number of nitrogens with zero attached hydrogens (tertiary/aromatic N) is 5. The molecule has 0 spiro atoms. The van der Waals surface area contributed by atoms with E-state index in [0.717, 1.165) is 63.3 Å². The first-order valence-electron chi connectivity index (χ1n) is 9.58. The van der Waals surface area contributed by atoms with Gasteiger partial charge >= 0.3 is 0 Å². The van der Waals surface area contributed by atoms with Gasteiger partial charge in [-0.05, 0) is 31.3 Å². The van der Waals surface area contributed by atoms with Crippen LogP contribution in [0, 0.1) is 0 Å². The molecule has 0 radical (unpaired) electrons. The van der Waals surface area contributed by atoms with Crippen LogP contribution in [0.1, 0.15) is 0 Å². The first-order valence-corrected chi connectivity index (χ1v) is 9.96. The molecule has 3 heterocycles. The van der Waals surface area contributed by atoms with E-state index >= 15 is 0 Å². The summed E-state index contributed by atoms with van der Waals surface area (Å²) >= 11 is 6.09. The van der Waals surface area contributed by atoms with Crippen molar-refractivity contribution in [1.82, 2.24) is 19.7 Å². The van der Waals surface area contributed by atoms with Gasteiger partial charge in [0.05, 0.1) is 12.1 Å². The molecule has 2 fully saturated rings. The molecular formula is C20H26ClN5O. The van der Waals surface area contributed by atoms with Crippen molar-refractivity contribution in [2.45, 2.75) is 0 Å². The third kappa shape index (κ3) is 4.18. The second kappa shape index (κ2) is 8.00. The Morgan fingerprint density at radius 2 is 1.78 bits per heavy atom. The maximum absolute atomic E-state index is 12.7. The number of fused-ring (bicyclic) bond motifs is 1. The Kier molecular flexibility index (Phi) is 5.48. The standard InChI is InChI=1S/C20H26ClN5O/c1-23-6-8-24(9-7-23)15-20(27)26-12-10-25(11-13-26)19-4-5-22-18-14-16(21)2-3-17(18)19/h2-5,14H,6-13,15H2,1H3. The van der Waals surface area contributed by atoms with E-state index in [2.05, 4.69) is 32.8 Å². The van der Waals surface area contributed by atoms with Crippen molar-refractivity contribution in [1.29, 1.82) is 0 Å². The highest BCUT2D eigenvalue weighted by molar-refractivity contribution is 6.31. The number of pyridine rings is 1. The van der Waals surface area contributed by atoms with Crippen molar-refractivity contribution in [3.05, 3.63) is 35.5 Å². The Hall–Kier alpha value is -1.89. The third-order valence-corrected chi connectivity index (χ3v) is 5.84. The first-order chi connectivity index (χ1) is 13.1. The monoisotopic (exact) mass is 387 g/mol. The molecule has 7 heteroatoms. The molecule has 0 aliphatic carbocycles. The maximum Gasteiger partial charge on any atom is 0.236 e. The van der Waals surface area contributed by atoms with Crippen molar-refractivity contribution in [2.75, 3.05) is 70.9 Å². The fourth-order valence-corrected chi connectivity index (χ4v) is 4.04. The van der Waals surface area contributed by atoms with Crippen LogP contribution in [0.2, 0.25) is 5.02 Å². The number of carbonyl (C=O) groups is 1. The van der Waals surface area contributed by atoms with Crippen LogP contribution < -0.4 is 4.90 Å². The van der Waals surface area contributed by atoms with Crippen LogP contribution >= 0.6 is 11.6 Å². The number of halogens is 1. The number of hydrogen-bond donors (Lipinski definition) is 0. The second-order valence-electron chi connectivity index (χ2n) is 7.44. The van der Waals surface area contributed by atoms with Crippen LogP contribution in [0.25, 0.3) is 10.9 Å². The van der Waals surface area contributed by atoms with Gasteiger partial charge in [-0.25, -0.2) is 0 Å². The lowest BCUT2D eigenvalue weighted by Crippen LogP contribution is -2.53. The number of rotatable bonds is 3. The molecule has 0 bridgehead atoms. The molecule has 2 aromatic rings. The highest BCUT2D eigenvalue weighted by Crippen LogP contribution is 2.28. The largest absolute Gasteiger partial charge is 0.367 e.